The van der Waals surface area contributed by atoms with Crippen LogP contribution in [0.3, 0.4) is 0 Å². The Morgan fingerprint density at radius 2 is 2.50 bits per heavy atom. The predicted molar refractivity (Wildman–Crippen MR) is 28.5 cm³/mol. The Hall–Kier alpha value is 1.16. The number of allylic oxidation sites excluding steroid dienone is 2. The molecule has 0 rings (SSSR count). The summed E-state index contributed by atoms with van der Waals surface area (Å²) in [6.07, 6.45) is 4.34. The molecule has 0 atom stereocenters. The summed E-state index contributed by atoms with van der Waals surface area (Å²) in [7, 11) is 0. The molecular formula is C4H7BrHg. The van der Waals surface area contributed by atoms with Crippen LogP contribution in [-0.4, -0.2) is 0 Å². The maximum atomic E-state index is 3.52. The molecule has 0 radical (unpaired) electrons. The van der Waals surface area contributed by atoms with E-state index >= 15 is 0 Å². The Labute approximate surface area is 56.7 Å². The zero-order valence-electron chi connectivity index (χ0n) is 3.95. The van der Waals surface area contributed by atoms with E-state index in [1.807, 2.05) is 0 Å². The average molecular weight is 336 g/mol. The van der Waals surface area contributed by atoms with Crippen molar-refractivity contribution in [2.75, 3.05) is 0 Å². The molecule has 0 aromatic heterocycles. The summed E-state index contributed by atoms with van der Waals surface area (Å²) < 4.78 is 1.37. The van der Waals surface area contributed by atoms with Crippen molar-refractivity contribution >= 4 is 11.9 Å². The van der Waals surface area contributed by atoms with Crippen LogP contribution in [0.15, 0.2) is 12.2 Å². The molecule has 0 N–H and O–H groups in total. The molecule has 0 fully saturated rings. The van der Waals surface area contributed by atoms with Gasteiger partial charge < -0.3 is 0 Å². The van der Waals surface area contributed by atoms with Gasteiger partial charge in [-0.15, -0.1) is 0 Å². The molecule has 0 bridgehead atoms. The van der Waals surface area contributed by atoms with Crippen molar-refractivity contribution in [2.45, 2.75) is 10.9 Å². The second kappa shape index (κ2) is 6.16. The van der Waals surface area contributed by atoms with Crippen LogP contribution in [-0.2, 0) is 22.1 Å². The van der Waals surface area contributed by atoms with Crippen LogP contribution in [0.1, 0.15) is 6.92 Å². The van der Waals surface area contributed by atoms with Crippen LogP contribution in [0, 0.1) is 0 Å². The molecule has 0 aliphatic carbocycles. The van der Waals surface area contributed by atoms with Crippen molar-refractivity contribution in [2.24, 2.45) is 0 Å². The molecule has 0 aliphatic heterocycles. The summed E-state index contributed by atoms with van der Waals surface area (Å²) in [6.45, 7) is 2.07. The minimum absolute atomic E-state index is 0.443. The van der Waals surface area contributed by atoms with Crippen LogP contribution < -0.4 is 0 Å². The number of hydrogen-bond acceptors (Lipinski definition) is 0. The third-order valence-electron chi connectivity index (χ3n) is 0.511. The van der Waals surface area contributed by atoms with Crippen LogP contribution in [0.4, 0.5) is 0 Å². The van der Waals surface area contributed by atoms with E-state index in [9.17, 15) is 0 Å². The van der Waals surface area contributed by atoms with Crippen molar-refractivity contribution in [1.82, 2.24) is 0 Å². The van der Waals surface area contributed by atoms with Crippen LogP contribution in [0.25, 0.3) is 0 Å². The summed E-state index contributed by atoms with van der Waals surface area (Å²) in [5.41, 5.74) is 0. The van der Waals surface area contributed by atoms with Gasteiger partial charge in [0.05, 0.1) is 0 Å². The Bertz CT molecular complexity index is 42.8. The quantitative estimate of drug-likeness (QED) is 0.537. The van der Waals surface area contributed by atoms with Gasteiger partial charge in [-0.2, -0.15) is 0 Å². The molecule has 0 heterocycles. The first-order valence-electron chi connectivity index (χ1n) is 2.09. The van der Waals surface area contributed by atoms with Gasteiger partial charge in [-0.3, -0.25) is 0 Å². The minimum atomic E-state index is -0.443. The zero-order chi connectivity index (χ0) is 4.83. The van der Waals surface area contributed by atoms with Crippen molar-refractivity contribution in [1.29, 1.82) is 0 Å². The summed E-state index contributed by atoms with van der Waals surface area (Å²) in [5.74, 6) is 0. The fourth-order valence-electron chi connectivity index (χ4n) is 0.230. The molecule has 0 aromatic carbocycles. The maximum absolute atomic E-state index is 3.52. The van der Waals surface area contributed by atoms with E-state index in [1.54, 1.807) is 0 Å². The first kappa shape index (κ1) is 7.16. The summed E-state index contributed by atoms with van der Waals surface area (Å²) in [5, 5.41) is 0. The summed E-state index contributed by atoms with van der Waals surface area (Å²) in [4.78, 5) is 0. The van der Waals surface area contributed by atoms with Crippen molar-refractivity contribution in [3.63, 3.8) is 0 Å². The first-order chi connectivity index (χ1) is 2.91. The van der Waals surface area contributed by atoms with E-state index < -0.39 is 22.1 Å². The Balaban J connectivity index is 2.66. The van der Waals surface area contributed by atoms with Crippen molar-refractivity contribution in [3.8, 4) is 0 Å². The Kier molecular flexibility index (Phi) is 7.34. The van der Waals surface area contributed by atoms with Crippen molar-refractivity contribution in [3.05, 3.63) is 12.2 Å². The Morgan fingerprint density at radius 1 is 1.83 bits per heavy atom. The van der Waals surface area contributed by atoms with Gasteiger partial charge in [0.1, 0.15) is 0 Å². The van der Waals surface area contributed by atoms with Gasteiger partial charge >= 0.3 is 57.1 Å². The van der Waals surface area contributed by atoms with Crippen LogP contribution >= 0.6 is 11.9 Å². The van der Waals surface area contributed by atoms with E-state index in [0.717, 1.165) is 0 Å². The monoisotopic (exact) mass is 336 g/mol. The third-order valence-corrected chi connectivity index (χ3v) is 6.67. The first-order valence-corrected chi connectivity index (χ1v) is 17.9. The van der Waals surface area contributed by atoms with Gasteiger partial charge in [0, 0.05) is 0 Å². The van der Waals surface area contributed by atoms with E-state index in [-0.39, 0.29) is 0 Å². The predicted octanol–water partition coefficient (Wildman–Crippen LogP) is 2.37. The Morgan fingerprint density at radius 3 is 2.67 bits per heavy atom. The van der Waals surface area contributed by atoms with E-state index in [1.165, 1.54) is 3.93 Å². The molecule has 0 nitrogen and oxygen atoms in total. The second-order valence-electron chi connectivity index (χ2n) is 1.05. The molecule has 0 saturated carbocycles. The molecule has 0 aromatic rings. The fraction of sp³-hybridized carbons (Fsp3) is 0.500. The third kappa shape index (κ3) is 5.16. The van der Waals surface area contributed by atoms with Crippen molar-refractivity contribution < 1.29 is 22.1 Å². The van der Waals surface area contributed by atoms with E-state index in [0.29, 0.717) is 0 Å². The van der Waals surface area contributed by atoms with E-state index in [4.69, 9.17) is 0 Å². The van der Waals surface area contributed by atoms with Gasteiger partial charge in [-0.1, -0.05) is 0 Å². The molecule has 2 heteroatoms. The molecule has 0 aliphatic rings. The van der Waals surface area contributed by atoms with E-state index in [2.05, 4.69) is 31.0 Å². The van der Waals surface area contributed by atoms with Gasteiger partial charge in [-0.25, -0.2) is 0 Å². The normalized spacial score (nSPS) is 9.00. The molecule has 32 valence electrons. The number of rotatable bonds is 2. The molecule has 0 saturated heterocycles. The van der Waals surface area contributed by atoms with Crippen LogP contribution in [0.5, 0.6) is 0 Å². The molecule has 6 heavy (non-hydrogen) atoms. The van der Waals surface area contributed by atoms with Gasteiger partial charge in [0.25, 0.3) is 0 Å². The van der Waals surface area contributed by atoms with Gasteiger partial charge in [0.2, 0.25) is 0 Å². The molecule has 0 spiro atoms. The SMILES string of the molecule is C/C=C/[CH2][Hg][Br]. The number of hydrogen-bond donors (Lipinski definition) is 0. The number of halogens is 1. The molecule has 0 amide bonds. The summed E-state index contributed by atoms with van der Waals surface area (Å²) in [6, 6.07) is 0. The van der Waals surface area contributed by atoms with Gasteiger partial charge in [0.15, 0.2) is 0 Å². The fourth-order valence-corrected chi connectivity index (χ4v) is 4.33. The molecule has 0 unspecified atom stereocenters. The molecular weight excluding hydrogens is 329 g/mol. The average Bonchev–Trinajstić information content (AvgIpc) is 1.61. The van der Waals surface area contributed by atoms with Crippen LogP contribution in [0.2, 0.25) is 3.93 Å². The second-order valence-corrected chi connectivity index (χ2v) is 11.7. The standard InChI is InChI=1S/C4H7.BrH.Hg/c1-3-4-2;;/h3-4H,1H2,2H3;1H;/q;;+1/p-1/b4-3+;;. The zero-order valence-corrected chi connectivity index (χ0v) is 11.0. The van der Waals surface area contributed by atoms with Gasteiger partial charge in [-0.05, 0) is 0 Å². The topological polar surface area (TPSA) is 0 Å². The summed E-state index contributed by atoms with van der Waals surface area (Å²) >= 11 is 3.08.